The lowest BCUT2D eigenvalue weighted by Crippen LogP contribution is -3.16. The minimum absolute atomic E-state index is 0.109. The Morgan fingerprint density at radius 1 is 1.07 bits per heavy atom. The van der Waals surface area contributed by atoms with Gasteiger partial charge >= 0.3 is 0 Å². The van der Waals surface area contributed by atoms with E-state index >= 15 is 0 Å². The van der Waals surface area contributed by atoms with E-state index < -0.39 is 0 Å². The maximum Gasteiger partial charge on any atom is 0.255 e. The molecule has 0 heterocycles. The molecule has 1 aliphatic rings. The monoisotopic (exact) mass is 385 g/mol. The topological polar surface area (TPSA) is 42.8 Å². The van der Waals surface area contributed by atoms with Gasteiger partial charge in [0, 0.05) is 12.8 Å². The largest absolute Gasteiger partial charge is 0.488 e. The third kappa shape index (κ3) is 4.90. The minimum atomic E-state index is -0.275. The number of hydrogen-bond acceptors (Lipinski definition) is 2. The number of likely N-dealkylation sites (N-methyl/N-ethyl adjacent to an activating group) is 1. The van der Waals surface area contributed by atoms with Crippen LogP contribution < -0.4 is 15.0 Å². The average Bonchev–Trinajstić information content (AvgIpc) is 2.72. The van der Waals surface area contributed by atoms with Gasteiger partial charge in [0.15, 0.2) is 0 Å². The Morgan fingerprint density at radius 3 is 2.43 bits per heavy atom. The lowest BCUT2D eigenvalue weighted by atomic mass is 9.80. The van der Waals surface area contributed by atoms with E-state index in [9.17, 15) is 9.18 Å². The maximum absolute atomic E-state index is 13.1. The van der Waals surface area contributed by atoms with Crippen molar-refractivity contribution in [1.29, 1.82) is 0 Å². The number of halogens is 1. The van der Waals surface area contributed by atoms with E-state index in [2.05, 4.69) is 19.4 Å². The van der Waals surface area contributed by atoms with Crippen molar-refractivity contribution < 1.29 is 18.8 Å². The smallest absolute Gasteiger partial charge is 0.255 e. The zero-order chi connectivity index (χ0) is 20.0. The second-order valence-corrected chi connectivity index (χ2v) is 7.93. The molecule has 1 amide bonds. The molecular formula is C23H30FN2O2+. The fourth-order valence-corrected chi connectivity index (χ4v) is 3.95. The highest BCUT2D eigenvalue weighted by molar-refractivity contribution is 5.96. The molecule has 2 N–H and O–H groups in total. The first-order valence-electron chi connectivity index (χ1n) is 10.1. The SMILES string of the molecule is C[NH+](C)C1(CNC(=O)c2ccccc2OCc2ccc(F)cc2)CCCCC1. The Bertz CT molecular complexity index is 783. The van der Waals surface area contributed by atoms with E-state index in [1.165, 1.54) is 36.3 Å². The van der Waals surface area contributed by atoms with E-state index in [-0.39, 0.29) is 23.9 Å². The van der Waals surface area contributed by atoms with Crippen molar-refractivity contribution in [3.63, 3.8) is 0 Å². The Balaban J connectivity index is 1.65. The van der Waals surface area contributed by atoms with Gasteiger partial charge < -0.3 is 15.0 Å². The Hall–Kier alpha value is -2.40. The molecule has 1 fully saturated rings. The molecule has 1 aliphatic carbocycles. The van der Waals surface area contributed by atoms with Gasteiger partial charge in [-0.05, 0) is 42.7 Å². The van der Waals surface area contributed by atoms with Crippen LogP contribution in [-0.2, 0) is 6.61 Å². The first-order valence-corrected chi connectivity index (χ1v) is 10.1. The van der Waals surface area contributed by atoms with Gasteiger partial charge in [-0.25, -0.2) is 4.39 Å². The lowest BCUT2D eigenvalue weighted by Gasteiger charge is -2.39. The highest BCUT2D eigenvalue weighted by atomic mass is 19.1. The molecule has 0 aromatic heterocycles. The zero-order valence-electron chi connectivity index (χ0n) is 16.8. The number of rotatable bonds is 7. The van der Waals surface area contributed by atoms with E-state index in [0.717, 1.165) is 18.4 Å². The Kier molecular flexibility index (Phi) is 6.68. The second kappa shape index (κ2) is 9.20. The van der Waals surface area contributed by atoms with Crippen LogP contribution in [-0.4, -0.2) is 32.1 Å². The summed E-state index contributed by atoms with van der Waals surface area (Å²) in [4.78, 5) is 14.3. The number of amides is 1. The molecule has 150 valence electrons. The summed E-state index contributed by atoms with van der Waals surface area (Å²) in [6, 6.07) is 13.5. The lowest BCUT2D eigenvalue weighted by molar-refractivity contribution is -0.916. The van der Waals surface area contributed by atoms with Gasteiger partial charge in [-0.3, -0.25) is 4.79 Å². The third-order valence-electron chi connectivity index (χ3n) is 5.90. The van der Waals surface area contributed by atoms with Crippen molar-refractivity contribution in [3.8, 4) is 5.75 Å². The molecule has 5 heteroatoms. The summed E-state index contributed by atoms with van der Waals surface area (Å²) in [6.45, 7) is 0.955. The van der Waals surface area contributed by atoms with Gasteiger partial charge in [-0.1, -0.05) is 30.7 Å². The molecular weight excluding hydrogens is 355 g/mol. The normalized spacial score (nSPS) is 16.0. The van der Waals surface area contributed by atoms with Crippen molar-refractivity contribution in [2.45, 2.75) is 44.2 Å². The van der Waals surface area contributed by atoms with E-state index in [0.29, 0.717) is 17.9 Å². The van der Waals surface area contributed by atoms with Crippen molar-refractivity contribution >= 4 is 5.91 Å². The van der Waals surface area contributed by atoms with Crippen LogP contribution in [0.5, 0.6) is 5.75 Å². The van der Waals surface area contributed by atoms with Gasteiger partial charge in [0.2, 0.25) is 0 Å². The number of ether oxygens (including phenoxy) is 1. The summed E-state index contributed by atoms with van der Waals surface area (Å²) in [5.74, 6) is 0.156. The molecule has 2 aromatic carbocycles. The predicted molar refractivity (Wildman–Crippen MR) is 108 cm³/mol. The summed E-state index contributed by atoms with van der Waals surface area (Å²) < 4.78 is 18.9. The van der Waals surface area contributed by atoms with Crippen LogP contribution in [0.25, 0.3) is 0 Å². The van der Waals surface area contributed by atoms with Crippen LogP contribution in [0.3, 0.4) is 0 Å². The van der Waals surface area contributed by atoms with Crippen LogP contribution in [0.2, 0.25) is 0 Å². The van der Waals surface area contributed by atoms with Crippen LogP contribution in [0.4, 0.5) is 4.39 Å². The molecule has 1 saturated carbocycles. The van der Waals surface area contributed by atoms with Gasteiger partial charge in [0.05, 0.1) is 26.2 Å². The highest BCUT2D eigenvalue weighted by Gasteiger charge is 2.38. The molecule has 28 heavy (non-hydrogen) atoms. The van der Waals surface area contributed by atoms with Crippen LogP contribution in [0.15, 0.2) is 48.5 Å². The first kappa shape index (κ1) is 20.3. The molecule has 0 radical (unpaired) electrons. The summed E-state index contributed by atoms with van der Waals surface area (Å²) in [6.07, 6.45) is 6.00. The summed E-state index contributed by atoms with van der Waals surface area (Å²) in [5, 5.41) is 3.15. The fraction of sp³-hybridized carbons (Fsp3) is 0.435. The van der Waals surface area contributed by atoms with Crippen LogP contribution >= 0.6 is 0 Å². The van der Waals surface area contributed by atoms with E-state index in [1.54, 1.807) is 24.3 Å². The van der Waals surface area contributed by atoms with Crippen molar-refractivity contribution in [1.82, 2.24) is 5.32 Å². The number of carbonyl (C=O) groups excluding carboxylic acids is 1. The second-order valence-electron chi connectivity index (χ2n) is 7.93. The molecule has 0 atom stereocenters. The van der Waals surface area contributed by atoms with Gasteiger partial charge in [0.1, 0.15) is 23.7 Å². The molecule has 0 saturated heterocycles. The Labute approximate surface area is 166 Å². The van der Waals surface area contributed by atoms with Crippen LogP contribution in [0, 0.1) is 5.82 Å². The van der Waals surface area contributed by atoms with Gasteiger partial charge in [-0.2, -0.15) is 0 Å². The van der Waals surface area contributed by atoms with Crippen molar-refractivity contribution in [3.05, 3.63) is 65.5 Å². The number of para-hydroxylation sites is 1. The molecule has 0 aliphatic heterocycles. The van der Waals surface area contributed by atoms with Crippen molar-refractivity contribution in [2.24, 2.45) is 0 Å². The summed E-state index contributed by atoms with van der Waals surface area (Å²) in [7, 11) is 4.36. The highest BCUT2D eigenvalue weighted by Crippen LogP contribution is 2.25. The fourth-order valence-electron chi connectivity index (χ4n) is 3.95. The standard InChI is InChI=1S/C23H29FN2O2/c1-26(2)23(14-6-3-7-15-23)17-25-22(27)20-8-4-5-9-21(20)28-16-18-10-12-19(24)13-11-18/h4-5,8-13H,3,6-7,14-17H2,1-2H3,(H,25,27)/p+1. The number of benzene rings is 2. The number of quaternary nitrogens is 1. The van der Waals surface area contributed by atoms with E-state index in [1.807, 2.05) is 12.1 Å². The predicted octanol–water partition coefficient (Wildman–Crippen LogP) is 2.98. The molecule has 0 unspecified atom stereocenters. The van der Waals surface area contributed by atoms with E-state index in [4.69, 9.17) is 4.74 Å². The molecule has 0 spiro atoms. The first-order chi connectivity index (χ1) is 13.5. The molecule has 2 aromatic rings. The summed E-state index contributed by atoms with van der Waals surface area (Å²) >= 11 is 0. The average molecular weight is 386 g/mol. The van der Waals surface area contributed by atoms with Crippen LogP contribution in [0.1, 0.15) is 48.0 Å². The molecule has 4 nitrogen and oxygen atoms in total. The van der Waals surface area contributed by atoms with Crippen molar-refractivity contribution in [2.75, 3.05) is 20.6 Å². The number of carbonyl (C=O) groups is 1. The minimum Gasteiger partial charge on any atom is -0.488 e. The van der Waals surface area contributed by atoms with Gasteiger partial charge in [-0.15, -0.1) is 0 Å². The molecule has 3 rings (SSSR count). The molecule has 0 bridgehead atoms. The Morgan fingerprint density at radius 2 is 1.75 bits per heavy atom. The quantitative estimate of drug-likeness (QED) is 0.770. The maximum atomic E-state index is 13.1. The summed E-state index contributed by atoms with van der Waals surface area (Å²) in [5.41, 5.74) is 1.50. The van der Waals surface area contributed by atoms with Gasteiger partial charge in [0.25, 0.3) is 5.91 Å². The third-order valence-corrected chi connectivity index (χ3v) is 5.90. The zero-order valence-corrected chi connectivity index (χ0v) is 16.8. The number of nitrogens with one attached hydrogen (secondary N) is 2. The number of hydrogen-bond donors (Lipinski definition) is 2.